The maximum Gasteiger partial charge on any atom is 0.397 e. The number of aryl methyl sites for hydroxylation is 1. The fraction of sp³-hybridized carbons (Fsp3) is 0.375. The van der Waals surface area contributed by atoms with Crippen LogP contribution in [0.3, 0.4) is 0 Å². The number of hydrogen-bond donors (Lipinski definition) is 2. The minimum atomic E-state index is -4.53. The Bertz CT molecular complexity index is 532. The van der Waals surface area contributed by atoms with E-state index in [9.17, 15) is 18.3 Å². The number of aromatic nitrogens is 1. The van der Waals surface area contributed by atoms with E-state index >= 15 is 0 Å². The van der Waals surface area contributed by atoms with Crippen LogP contribution in [-0.2, 0) is 21.1 Å². The fourth-order valence-electron chi connectivity index (χ4n) is 1.17. The first-order valence-electron chi connectivity index (χ1n) is 4.32. The minimum Gasteiger partial charge on any atom is -0.494 e. The smallest absolute Gasteiger partial charge is 0.397 e. The maximum absolute atomic E-state index is 11.4. The summed E-state index contributed by atoms with van der Waals surface area (Å²) in [5, 5.41) is 9.40. The molecule has 7 nitrogen and oxygen atoms in total. The third kappa shape index (κ3) is 3.65. The number of rotatable bonds is 4. The second-order valence-electron chi connectivity index (χ2n) is 3.13. The van der Waals surface area contributed by atoms with Crippen molar-refractivity contribution in [3.05, 3.63) is 28.0 Å². The monoisotopic (exact) mass is 249 g/mol. The second-order valence-corrected chi connectivity index (χ2v) is 4.22. The zero-order valence-electron chi connectivity index (χ0n) is 8.45. The van der Waals surface area contributed by atoms with E-state index in [0.717, 1.165) is 4.57 Å². The Morgan fingerprint density at radius 2 is 2.06 bits per heavy atom. The lowest BCUT2D eigenvalue weighted by Gasteiger charge is -2.07. The van der Waals surface area contributed by atoms with Gasteiger partial charge in [0.2, 0.25) is 0 Å². The molecule has 0 bridgehead atoms. The van der Waals surface area contributed by atoms with Crippen molar-refractivity contribution in [2.45, 2.75) is 13.5 Å². The van der Waals surface area contributed by atoms with Crippen LogP contribution in [0.15, 0.2) is 16.9 Å². The second kappa shape index (κ2) is 4.64. The highest BCUT2D eigenvalue weighted by Crippen LogP contribution is 2.07. The molecule has 1 rings (SSSR count). The van der Waals surface area contributed by atoms with Crippen LogP contribution in [0.25, 0.3) is 0 Å². The average Bonchev–Trinajstić information content (AvgIpc) is 2.07. The molecule has 0 saturated carbocycles. The molecule has 16 heavy (non-hydrogen) atoms. The molecule has 0 spiro atoms. The van der Waals surface area contributed by atoms with E-state index in [0.29, 0.717) is 5.56 Å². The summed E-state index contributed by atoms with van der Waals surface area (Å²) in [6.45, 7) is 1.03. The molecule has 0 amide bonds. The van der Waals surface area contributed by atoms with Crippen LogP contribution in [0, 0.1) is 6.92 Å². The van der Waals surface area contributed by atoms with Crippen LogP contribution in [0.5, 0.6) is 5.88 Å². The van der Waals surface area contributed by atoms with Crippen LogP contribution in [0.2, 0.25) is 0 Å². The minimum absolute atomic E-state index is 0.176. The molecule has 0 aliphatic rings. The Balaban J connectivity index is 2.79. The third-order valence-electron chi connectivity index (χ3n) is 1.80. The van der Waals surface area contributed by atoms with Crippen LogP contribution in [0.4, 0.5) is 0 Å². The van der Waals surface area contributed by atoms with Crippen molar-refractivity contribution >= 4 is 10.4 Å². The lowest BCUT2D eigenvalue weighted by molar-refractivity contribution is 0.249. The summed E-state index contributed by atoms with van der Waals surface area (Å²) in [5.41, 5.74) is 0.117. The standard InChI is InChI=1S/C8H11NO6S/c1-6-4-7(10)9(8(11)5-6)2-3-15-16(12,13)14/h4-5,10H,2-3H2,1H3,(H,12,13,14). The first-order chi connectivity index (χ1) is 7.29. The van der Waals surface area contributed by atoms with Crippen molar-refractivity contribution in [1.82, 2.24) is 4.57 Å². The van der Waals surface area contributed by atoms with Gasteiger partial charge in [0.05, 0.1) is 13.2 Å². The van der Waals surface area contributed by atoms with Gasteiger partial charge in [-0.25, -0.2) is 4.18 Å². The zero-order valence-corrected chi connectivity index (χ0v) is 9.27. The summed E-state index contributed by atoms with van der Waals surface area (Å²) in [6, 6.07) is 2.64. The van der Waals surface area contributed by atoms with Gasteiger partial charge in [0, 0.05) is 12.1 Å². The number of nitrogens with zero attached hydrogens (tertiary/aromatic N) is 1. The van der Waals surface area contributed by atoms with Gasteiger partial charge in [-0.05, 0) is 12.5 Å². The molecular formula is C8H11NO6S. The Morgan fingerprint density at radius 3 is 2.56 bits per heavy atom. The highest BCUT2D eigenvalue weighted by atomic mass is 32.3. The first-order valence-corrected chi connectivity index (χ1v) is 5.68. The molecule has 0 aliphatic carbocycles. The molecule has 0 aliphatic heterocycles. The van der Waals surface area contributed by atoms with E-state index in [1.54, 1.807) is 6.92 Å². The third-order valence-corrected chi connectivity index (χ3v) is 2.26. The first kappa shape index (κ1) is 12.7. The molecular weight excluding hydrogens is 238 g/mol. The highest BCUT2D eigenvalue weighted by Gasteiger charge is 2.07. The van der Waals surface area contributed by atoms with Gasteiger partial charge >= 0.3 is 10.4 Å². The predicted octanol–water partition coefficient (Wildman–Crippen LogP) is -0.318. The molecule has 0 unspecified atom stereocenters. The lowest BCUT2D eigenvalue weighted by atomic mass is 10.3. The van der Waals surface area contributed by atoms with Gasteiger partial charge in [-0.2, -0.15) is 8.42 Å². The number of pyridine rings is 1. The van der Waals surface area contributed by atoms with E-state index in [1.807, 2.05) is 0 Å². The summed E-state index contributed by atoms with van der Waals surface area (Å²) < 4.78 is 33.7. The Hall–Kier alpha value is -1.38. The fourth-order valence-corrected chi connectivity index (χ4v) is 1.45. The molecule has 90 valence electrons. The highest BCUT2D eigenvalue weighted by molar-refractivity contribution is 7.80. The summed E-state index contributed by atoms with van der Waals surface area (Å²) in [5.74, 6) is -0.288. The largest absolute Gasteiger partial charge is 0.494 e. The molecule has 1 heterocycles. The molecule has 0 radical (unpaired) electrons. The van der Waals surface area contributed by atoms with Crippen molar-refractivity contribution < 1.29 is 22.3 Å². The molecule has 0 atom stereocenters. The van der Waals surface area contributed by atoms with Gasteiger partial charge in [0.15, 0.2) is 5.88 Å². The van der Waals surface area contributed by atoms with E-state index < -0.39 is 22.6 Å². The van der Waals surface area contributed by atoms with Crippen LogP contribution < -0.4 is 5.56 Å². The molecule has 8 heteroatoms. The summed E-state index contributed by atoms with van der Waals surface area (Å²) >= 11 is 0. The van der Waals surface area contributed by atoms with E-state index in [4.69, 9.17) is 4.55 Å². The predicted molar refractivity (Wildman–Crippen MR) is 54.6 cm³/mol. The summed E-state index contributed by atoms with van der Waals surface area (Å²) in [6.07, 6.45) is 0. The van der Waals surface area contributed by atoms with Gasteiger partial charge in [0.1, 0.15) is 0 Å². The van der Waals surface area contributed by atoms with Gasteiger partial charge in [-0.15, -0.1) is 0 Å². The Morgan fingerprint density at radius 1 is 1.44 bits per heavy atom. The molecule has 1 aromatic rings. The molecule has 0 fully saturated rings. The van der Waals surface area contributed by atoms with Crippen molar-refractivity contribution in [1.29, 1.82) is 0 Å². The van der Waals surface area contributed by atoms with Crippen LogP contribution in [-0.4, -0.2) is 29.3 Å². The molecule has 0 saturated heterocycles. The van der Waals surface area contributed by atoms with E-state index in [1.165, 1.54) is 12.1 Å². The number of aromatic hydroxyl groups is 1. The SMILES string of the molecule is Cc1cc(O)n(CCOS(=O)(=O)O)c(=O)c1. The Kier molecular flexibility index (Phi) is 3.68. The van der Waals surface area contributed by atoms with Gasteiger partial charge in [0.25, 0.3) is 5.56 Å². The maximum atomic E-state index is 11.4. The quantitative estimate of drug-likeness (QED) is 0.708. The average molecular weight is 249 g/mol. The van der Waals surface area contributed by atoms with E-state index in [-0.39, 0.29) is 12.4 Å². The number of hydrogen-bond acceptors (Lipinski definition) is 5. The topological polar surface area (TPSA) is 106 Å². The Labute approximate surface area is 91.9 Å². The molecule has 2 N–H and O–H groups in total. The van der Waals surface area contributed by atoms with Crippen molar-refractivity contribution in [3.63, 3.8) is 0 Å². The van der Waals surface area contributed by atoms with Gasteiger partial charge in [-0.1, -0.05) is 0 Å². The normalized spacial score (nSPS) is 11.6. The summed E-state index contributed by atoms with van der Waals surface area (Å²) in [7, 11) is -4.53. The lowest BCUT2D eigenvalue weighted by Crippen LogP contribution is -2.22. The van der Waals surface area contributed by atoms with Crippen LogP contribution in [0.1, 0.15) is 5.56 Å². The van der Waals surface area contributed by atoms with Gasteiger partial charge in [-0.3, -0.25) is 13.9 Å². The van der Waals surface area contributed by atoms with Crippen molar-refractivity contribution in [2.75, 3.05) is 6.61 Å². The van der Waals surface area contributed by atoms with Gasteiger partial charge < -0.3 is 5.11 Å². The van der Waals surface area contributed by atoms with E-state index in [2.05, 4.69) is 4.18 Å². The summed E-state index contributed by atoms with van der Waals surface area (Å²) in [4.78, 5) is 11.4. The zero-order chi connectivity index (χ0) is 12.3. The molecule has 0 aromatic carbocycles. The van der Waals surface area contributed by atoms with Crippen LogP contribution >= 0.6 is 0 Å². The van der Waals surface area contributed by atoms with Crippen molar-refractivity contribution in [3.8, 4) is 5.88 Å². The molecule has 1 aromatic heterocycles. The van der Waals surface area contributed by atoms with Crippen molar-refractivity contribution in [2.24, 2.45) is 0 Å².